The van der Waals surface area contributed by atoms with E-state index in [0.29, 0.717) is 68.8 Å². The minimum atomic E-state index is -0.322. The molecular formula is C32H42N8O8. The summed E-state index contributed by atoms with van der Waals surface area (Å²) >= 11 is 0. The zero-order valence-corrected chi connectivity index (χ0v) is 26.8. The molecule has 0 aromatic carbocycles. The highest BCUT2D eigenvalue weighted by Crippen LogP contribution is 2.23. The van der Waals surface area contributed by atoms with Crippen LogP contribution in [0.15, 0.2) is 36.7 Å². The number of rotatable bonds is 24. The lowest BCUT2D eigenvalue weighted by Crippen LogP contribution is -2.27. The van der Waals surface area contributed by atoms with E-state index in [9.17, 15) is 19.2 Å². The zero-order valence-electron chi connectivity index (χ0n) is 26.8. The van der Waals surface area contributed by atoms with Crippen LogP contribution in [-0.4, -0.2) is 110 Å². The molecule has 0 fully saturated rings. The minimum Gasteiger partial charge on any atom is -0.394 e. The Labute approximate surface area is 278 Å². The number of ether oxygens (including phenoxy) is 2. The predicted molar refractivity (Wildman–Crippen MR) is 172 cm³/mol. The molecule has 0 spiro atoms. The van der Waals surface area contributed by atoms with Crippen LogP contribution in [0.4, 0.5) is 5.69 Å². The molecule has 3 aromatic heterocycles. The summed E-state index contributed by atoms with van der Waals surface area (Å²) in [5, 5.41) is 39.5. The number of nitrogens with zero attached hydrogens (tertiary/aromatic N) is 6. The van der Waals surface area contributed by atoms with Gasteiger partial charge in [-0.3, -0.25) is 29.1 Å². The van der Waals surface area contributed by atoms with Gasteiger partial charge in [-0.05, 0) is 43.0 Å². The van der Waals surface area contributed by atoms with Crippen LogP contribution in [0.1, 0.15) is 56.9 Å². The van der Waals surface area contributed by atoms with Crippen molar-refractivity contribution in [3.8, 4) is 23.0 Å². The van der Waals surface area contributed by atoms with E-state index in [-0.39, 0.29) is 92.8 Å². The van der Waals surface area contributed by atoms with E-state index in [4.69, 9.17) is 19.7 Å². The maximum absolute atomic E-state index is 12.7. The quantitative estimate of drug-likeness (QED) is 0.0987. The van der Waals surface area contributed by atoms with Gasteiger partial charge in [-0.1, -0.05) is 6.07 Å². The van der Waals surface area contributed by atoms with E-state index in [1.54, 1.807) is 30.5 Å². The summed E-state index contributed by atoms with van der Waals surface area (Å²) in [6.45, 7) is 1.35. The van der Waals surface area contributed by atoms with Crippen LogP contribution in [-0.2, 0) is 35.1 Å². The van der Waals surface area contributed by atoms with Gasteiger partial charge in [0.25, 0.3) is 0 Å². The fourth-order valence-electron chi connectivity index (χ4n) is 4.47. The second-order valence-electron chi connectivity index (χ2n) is 10.6. The summed E-state index contributed by atoms with van der Waals surface area (Å²) in [5.41, 5.74) is 1.55. The fraction of sp³-hybridized carbons (Fsp3) is 0.500. The first kappa shape index (κ1) is 37.8. The van der Waals surface area contributed by atoms with Crippen LogP contribution in [0.2, 0.25) is 0 Å². The first-order valence-corrected chi connectivity index (χ1v) is 15.9. The van der Waals surface area contributed by atoms with Gasteiger partial charge < -0.3 is 30.3 Å². The van der Waals surface area contributed by atoms with E-state index in [0.717, 1.165) is 0 Å². The second-order valence-corrected chi connectivity index (χ2v) is 10.6. The maximum Gasteiger partial charge on any atom is 0.224 e. The molecule has 48 heavy (non-hydrogen) atoms. The summed E-state index contributed by atoms with van der Waals surface area (Å²) in [6, 6.07) is 6.73. The number of hydrogen-bond donors (Lipinski definition) is 4. The van der Waals surface area contributed by atoms with Crippen LogP contribution in [0.25, 0.3) is 23.0 Å². The molecule has 16 nitrogen and oxygen atoms in total. The lowest BCUT2D eigenvalue weighted by atomic mass is 10.0. The molecule has 0 bridgehead atoms. The monoisotopic (exact) mass is 666 g/mol. The van der Waals surface area contributed by atoms with Gasteiger partial charge >= 0.3 is 0 Å². The highest BCUT2D eigenvalue weighted by Gasteiger charge is 2.17. The third-order valence-electron chi connectivity index (χ3n) is 6.77. The number of carbonyl (C=O) groups excluding carboxylic acids is 4. The van der Waals surface area contributed by atoms with Gasteiger partial charge in [-0.25, -0.2) is 0 Å². The van der Waals surface area contributed by atoms with Crippen molar-refractivity contribution in [2.75, 3.05) is 51.5 Å². The normalized spacial score (nSPS) is 10.9. The molecule has 0 atom stereocenters. The van der Waals surface area contributed by atoms with Crippen LogP contribution in [0, 0.1) is 0 Å². The van der Waals surface area contributed by atoms with Crippen LogP contribution >= 0.6 is 0 Å². The summed E-state index contributed by atoms with van der Waals surface area (Å²) < 4.78 is 10.2. The summed E-state index contributed by atoms with van der Waals surface area (Å²) in [7, 11) is 0. The van der Waals surface area contributed by atoms with Gasteiger partial charge in [0.15, 0.2) is 0 Å². The van der Waals surface area contributed by atoms with Gasteiger partial charge in [0.05, 0.1) is 38.7 Å². The van der Waals surface area contributed by atoms with Crippen molar-refractivity contribution in [1.29, 1.82) is 0 Å². The van der Waals surface area contributed by atoms with Gasteiger partial charge in [-0.2, -0.15) is 0 Å². The molecule has 0 aliphatic carbocycles. The topological polar surface area (TPSA) is 229 Å². The molecule has 258 valence electrons. The lowest BCUT2D eigenvalue weighted by molar-refractivity contribution is -0.122. The third-order valence-corrected chi connectivity index (χ3v) is 6.77. The molecule has 3 heterocycles. The SMILES string of the molecule is O=C(CCCOCCO)CCCC(=O)Cc1cccnc1-c1nnc(-c2ncccc2NC(=O)CCCC(=O)NCCOCCO)nn1. The lowest BCUT2D eigenvalue weighted by Gasteiger charge is -2.10. The van der Waals surface area contributed by atoms with Crippen molar-refractivity contribution in [3.63, 3.8) is 0 Å². The van der Waals surface area contributed by atoms with Crippen LogP contribution in [0.3, 0.4) is 0 Å². The van der Waals surface area contributed by atoms with Gasteiger partial charge in [-0.15, -0.1) is 20.4 Å². The number of pyridine rings is 2. The molecule has 2 amide bonds. The number of anilines is 1. The molecule has 0 saturated carbocycles. The van der Waals surface area contributed by atoms with E-state index < -0.39 is 0 Å². The molecule has 16 heteroatoms. The van der Waals surface area contributed by atoms with Crippen molar-refractivity contribution < 1.29 is 38.9 Å². The molecule has 4 N–H and O–H groups in total. The van der Waals surface area contributed by atoms with Crippen LogP contribution < -0.4 is 10.6 Å². The number of amides is 2. The predicted octanol–water partition coefficient (Wildman–Crippen LogP) is 1.26. The van der Waals surface area contributed by atoms with Gasteiger partial charge in [0.2, 0.25) is 23.5 Å². The molecular weight excluding hydrogens is 624 g/mol. The van der Waals surface area contributed by atoms with Crippen molar-refractivity contribution in [3.05, 3.63) is 42.2 Å². The van der Waals surface area contributed by atoms with Gasteiger partial charge in [0, 0.05) is 64.1 Å². The molecule has 0 saturated heterocycles. The first-order valence-electron chi connectivity index (χ1n) is 15.9. The van der Waals surface area contributed by atoms with Crippen molar-refractivity contribution in [2.45, 2.75) is 57.8 Å². The number of Topliss-reactive ketones (excluding diaryl/α,β-unsaturated/α-hetero) is 2. The Kier molecular flexibility index (Phi) is 17.4. The average molecular weight is 667 g/mol. The van der Waals surface area contributed by atoms with Crippen molar-refractivity contribution >= 4 is 29.1 Å². The zero-order chi connectivity index (χ0) is 34.4. The van der Waals surface area contributed by atoms with Crippen molar-refractivity contribution in [2.24, 2.45) is 0 Å². The Morgan fingerprint density at radius 2 is 1.23 bits per heavy atom. The Balaban J connectivity index is 1.51. The first-order chi connectivity index (χ1) is 23.4. The number of aromatic nitrogens is 6. The highest BCUT2D eigenvalue weighted by molar-refractivity contribution is 5.94. The molecule has 0 unspecified atom stereocenters. The fourth-order valence-corrected chi connectivity index (χ4v) is 4.47. The van der Waals surface area contributed by atoms with E-state index in [2.05, 4.69) is 41.0 Å². The summed E-state index contributed by atoms with van der Waals surface area (Å²) in [4.78, 5) is 58.0. The molecule has 3 aromatic rings. The van der Waals surface area contributed by atoms with Crippen LogP contribution in [0.5, 0.6) is 0 Å². The molecule has 0 aliphatic heterocycles. The Morgan fingerprint density at radius 1 is 0.646 bits per heavy atom. The minimum absolute atomic E-state index is 0.0512. The maximum atomic E-state index is 12.7. The van der Waals surface area contributed by atoms with Crippen molar-refractivity contribution in [1.82, 2.24) is 35.7 Å². The number of nitrogens with one attached hydrogen (secondary N) is 2. The molecule has 0 radical (unpaired) electrons. The number of aliphatic hydroxyl groups is 2. The number of aliphatic hydroxyl groups excluding tert-OH is 2. The Morgan fingerprint density at radius 3 is 1.96 bits per heavy atom. The smallest absolute Gasteiger partial charge is 0.224 e. The third kappa shape index (κ3) is 14.0. The second kappa shape index (κ2) is 22.0. The Hall–Kier alpha value is -4.64. The van der Waals surface area contributed by atoms with E-state index >= 15 is 0 Å². The van der Waals surface area contributed by atoms with E-state index in [1.807, 2.05) is 0 Å². The van der Waals surface area contributed by atoms with E-state index in [1.165, 1.54) is 6.20 Å². The van der Waals surface area contributed by atoms with Gasteiger partial charge in [0.1, 0.15) is 23.0 Å². The number of carbonyl (C=O) groups is 4. The highest BCUT2D eigenvalue weighted by atomic mass is 16.5. The number of hydrogen-bond acceptors (Lipinski definition) is 14. The summed E-state index contributed by atoms with van der Waals surface area (Å²) in [5.74, 6) is -0.340. The Bertz CT molecular complexity index is 1350. The average Bonchev–Trinajstić information content (AvgIpc) is 3.09. The number of ketones is 2. The molecule has 3 rings (SSSR count). The molecule has 0 aliphatic rings. The standard InChI is InChI=1S/C32H42N8O8/c41-16-20-47-18-5-9-24(43)7-1-8-25(44)22-23-6-3-13-34-29(23)31-37-39-32(40-38-31)30-26(10-4-14-35-30)36-28(46)12-2-11-27(45)33-15-19-48-21-17-42/h3-4,6,10,13-14,41-42H,1-2,5,7-9,11-12,15-22H2,(H,33,45)(H,36,46). The summed E-state index contributed by atoms with van der Waals surface area (Å²) in [6.07, 6.45) is 5.67. The largest absolute Gasteiger partial charge is 0.394 e.